The Kier molecular flexibility index (Phi) is 4.57. The average Bonchev–Trinajstić information content (AvgIpc) is 2.56. The Morgan fingerprint density at radius 3 is 2.48 bits per heavy atom. The predicted molar refractivity (Wildman–Crippen MR) is 88.3 cm³/mol. The first-order valence-electron chi connectivity index (χ1n) is 8.17. The van der Waals surface area contributed by atoms with E-state index in [-0.39, 0.29) is 12.0 Å². The molecule has 112 valence electrons. The van der Waals surface area contributed by atoms with E-state index < -0.39 is 0 Å². The maximum atomic E-state index is 10.9. The van der Waals surface area contributed by atoms with Crippen molar-refractivity contribution in [2.75, 3.05) is 6.54 Å². The first kappa shape index (κ1) is 14.6. The summed E-state index contributed by atoms with van der Waals surface area (Å²) in [6.45, 7) is 0.506. The predicted octanol–water partition coefficient (Wildman–Crippen LogP) is 3.82. The first-order valence-corrected chi connectivity index (χ1v) is 8.17. The monoisotopic (exact) mass is 283 g/mol. The third-order valence-corrected chi connectivity index (χ3v) is 5.02. The van der Waals surface area contributed by atoms with Crippen LogP contribution in [0, 0.1) is 5.92 Å². The van der Waals surface area contributed by atoms with Gasteiger partial charge in [0.1, 0.15) is 0 Å². The van der Waals surface area contributed by atoms with Crippen LogP contribution in [0.1, 0.15) is 43.6 Å². The highest BCUT2D eigenvalue weighted by Gasteiger charge is 2.29. The quantitative estimate of drug-likeness (QED) is 0.896. The maximum absolute atomic E-state index is 10.9. The molecule has 2 nitrogen and oxygen atoms in total. The Hall–Kier alpha value is -1.38. The lowest BCUT2D eigenvalue weighted by molar-refractivity contribution is 0.0628. The standard InChI is InChI=1S/C19H25NO/c20-13-18(19(21)15-8-2-1-3-9-15)17-12-6-10-14-7-4-5-11-16(14)17/h4-7,10-12,15,18-19,21H,1-3,8-9,13,20H2. The molecular weight excluding hydrogens is 258 g/mol. The summed E-state index contributed by atoms with van der Waals surface area (Å²) in [5.41, 5.74) is 7.25. The average molecular weight is 283 g/mol. The van der Waals surface area contributed by atoms with Crippen LogP contribution in [0.4, 0.5) is 0 Å². The lowest BCUT2D eigenvalue weighted by Crippen LogP contribution is -2.33. The second-order valence-electron chi connectivity index (χ2n) is 6.30. The largest absolute Gasteiger partial charge is 0.392 e. The maximum Gasteiger partial charge on any atom is 0.0649 e. The molecule has 1 aliphatic rings. The van der Waals surface area contributed by atoms with Crippen LogP contribution in [0.25, 0.3) is 10.8 Å². The minimum atomic E-state index is -0.318. The summed E-state index contributed by atoms with van der Waals surface area (Å²) in [6, 6.07) is 14.7. The molecule has 2 aromatic carbocycles. The number of fused-ring (bicyclic) bond motifs is 1. The molecule has 1 fully saturated rings. The van der Waals surface area contributed by atoms with Crippen LogP contribution in [0.15, 0.2) is 42.5 Å². The smallest absolute Gasteiger partial charge is 0.0649 e. The summed E-state index contributed by atoms with van der Waals surface area (Å²) in [4.78, 5) is 0. The number of benzene rings is 2. The topological polar surface area (TPSA) is 46.2 Å². The van der Waals surface area contributed by atoms with Crippen LogP contribution < -0.4 is 5.73 Å². The zero-order valence-corrected chi connectivity index (χ0v) is 12.5. The fourth-order valence-corrected chi connectivity index (χ4v) is 3.83. The number of aliphatic hydroxyl groups excluding tert-OH is 1. The lowest BCUT2D eigenvalue weighted by atomic mass is 9.77. The van der Waals surface area contributed by atoms with Crippen LogP contribution in [-0.2, 0) is 0 Å². The Balaban J connectivity index is 1.94. The molecule has 0 radical (unpaired) electrons. The minimum absolute atomic E-state index is 0.0409. The van der Waals surface area contributed by atoms with Crippen molar-refractivity contribution in [1.82, 2.24) is 0 Å². The van der Waals surface area contributed by atoms with Crippen molar-refractivity contribution in [3.63, 3.8) is 0 Å². The van der Waals surface area contributed by atoms with Crippen molar-refractivity contribution in [3.05, 3.63) is 48.0 Å². The molecule has 1 saturated carbocycles. The molecule has 3 N–H and O–H groups in total. The normalized spacial score (nSPS) is 19.5. The molecule has 0 heterocycles. The van der Waals surface area contributed by atoms with E-state index in [1.165, 1.54) is 35.6 Å². The zero-order valence-electron chi connectivity index (χ0n) is 12.5. The van der Waals surface area contributed by atoms with E-state index in [1.807, 2.05) is 0 Å². The fourth-order valence-electron chi connectivity index (χ4n) is 3.83. The molecule has 0 spiro atoms. The van der Waals surface area contributed by atoms with Gasteiger partial charge in [-0.25, -0.2) is 0 Å². The summed E-state index contributed by atoms with van der Waals surface area (Å²) in [5.74, 6) is 0.450. The van der Waals surface area contributed by atoms with Crippen molar-refractivity contribution in [3.8, 4) is 0 Å². The van der Waals surface area contributed by atoms with Gasteiger partial charge in [-0.1, -0.05) is 61.7 Å². The summed E-state index contributed by atoms with van der Waals surface area (Å²) >= 11 is 0. The second-order valence-corrected chi connectivity index (χ2v) is 6.30. The van der Waals surface area contributed by atoms with Gasteiger partial charge in [0.15, 0.2) is 0 Å². The van der Waals surface area contributed by atoms with Gasteiger partial charge < -0.3 is 10.8 Å². The van der Waals surface area contributed by atoms with Gasteiger partial charge >= 0.3 is 0 Å². The van der Waals surface area contributed by atoms with Gasteiger partial charge in [0.05, 0.1) is 6.10 Å². The Labute approximate surface area is 127 Å². The van der Waals surface area contributed by atoms with E-state index in [0.29, 0.717) is 12.5 Å². The molecule has 0 amide bonds. The van der Waals surface area contributed by atoms with E-state index in [4.69, 9.17) is 5.73 Å². The highest BCUT2D eigenvalue weighted by Crippen LogP contribution is 2.35. The Bertz CT molecular complexity index is 584. The molecule has 2 unspecified atom stereocenters. The fraction of sp³-hybridized carbons (Fsp3) is 0.474. The minimum Gasteiger partial charge on any atom is -0.392 e. The molecule has 1 aliphatic carbocycles. The summed E-state index contributed by atoms with van der Waals surface area (Å²) < 4.78 is 0. The number of nitrogens with two attached hydrogens (primary N) is 1. The molecule has 0 aliphatic heterocycles. The van der Waals surface area contributed by atoms with E-state index >= 15 is 0 Å². The molecule has 2 heteroatoms. The molecule has 0 saturated heterocycles. The van der Waals surface area contributed by atoms with Crippen LogP contribution in [-0.4, -0.2) is 17.8 Å². The summed E-state index contributed by atoms with van der Waals surface area (Å²) in [7, 11) is 0. The number of rotatable bonds is 4. The van der Waals surface area contributed by atoms with E-state index in [1.54, 1.807) is 0 Å². The Morgan fingerprint density at radius 2 is 1.71 bits per heavy atom. The highest BCUT2D eigenvalue weighted by molar-refractivity contribution is 5.86. The van der Waals surface area contributed by atoms with Gasteiger partial charge in [0.2, 0.25) is 0 Å². The van der Waals surface area contributed by atoms with E-state index in [9.17, 15) is 5.11 Å². The second kappa shape index (κ2) is 6.59. The lowest BCUT2D eigenvalue weighted by Gasteiger charge is -2.32. The summed E-state index contributed by atoms with van der Waals surface area (Å²) in [5, 5.41) is 13.3. The van der Waals surface area contributed by atoms with Gasteiger partial charge in [-0.2, -0.15) is 0 Å². The van der Waals surface area contributed by atoms with Crippen molar-refractivity contribution >= 4 is 10.8 Å². The van der Waals surface area contributed by atoms with Crippen molar-refractivity contribution in [2.45, 2.75) is 44.1 Å². The third-order valence-electron chi connectivity index (χ3n) is 5.02. The SMILES string of the molecule is NCC(c1cccc2ccccc12)C(O)C1CCCCC1. The Morgan fingerprint density at radius 1 is 1.00 bits per heavy atom. The zero-order chi connectivity index (χ0) is 14.7. The molecular formula is C19H25NO. The molecule has 0 bridgehead atoms. The van der Waals surface area contributed by atoms with Gasteiger partial charge in [-0.05, 0) is 35.1 Å². The van der Waals surface area contributed by atoms with E-state index in [0.717, 1.165) is 12.8 Å². The van der Waals surface area contributed by atoms with Crippen LogP contribution in [0.3, 0.4) is 0 Å². The first-order chi connectivity index (χ1) is 10.3. The number of hydrogen-bond acceptors (Lipinski definition) is 2. The van der Waals surface area contributed by atoms with Crippen LogP contribution in [0.2, 0.25) is 0 Å². The van der Waals surface area contributed by atoms with Gasteiger partial charge in [-0.15, -0.1) is 0 Å². The highest BCUT2D eigenvalue weighted by atomic mass is 16.3. The molecule has 3 rings (SSSR count). The number of hydrogen-bond donors (Lipinski definition) is 2. The van der Waals surface area contributed by atoms with Gasteiger partial charge in [0, 0.05) is 12.5 Å². The van der Waals surface area contributed by atoms with Crippen molar-refractivity contribution < 1.29 is 5.11 Å². The molecule has 21 heavy (non-hydrogen) atoms. The van der Waals surface area contributed by atoms with Crippen molar-refractivity contribution in [1.29, 1.82) is 0 Å². The van der Waals surface area contributed by atoms with Gasteiger partial charge in [-0.3, -0.25) is 0 Å². The summed E-state index contributed by atoms with van der Waals surface area (Å²) in [6.07, 6.45) is 5.76. The number of aliphatic hydroxyl groups is 1. The third kappa shape index (κ3) is 2.97. The van der Waals surface area contributed by atoms with Crippen molar-refractivity contribution in [2.24, 2.45) is 11.7 Å². The van der Waals surface area contributed by atoms with Crippen LogP contribution in [0.5, 0.6) is 0 Å². The molecule has 0 aromatic heterocycles. The van der Waals surface area contributed by atoms with E-state index in [2.05, 4.69) is 42.5 Å². The van der Waals surface area contributed by atoms with Gasteiger partial charge in [0.25, 0.3) is 0 Å². The van der Waals surface area contributed by atoms with Crippen LogP contribution >= 0.6 is 0 Å². The molecule has 2 atom stereocenters. The molecule has 2 aromatic rings.